The number of ether oxygens (including phenoxy) is 4. The van der Waals surface area contributed by atoms with Crippen LogP contribution in [0.1, 0.15) is 343 Å². The second-order valence-corrected chi connectivity index (χ2v) is 34.3. The number of alkyl halides is 4. The molecule has 0 aliphatic heterocycles. The first-order valence-electron chi connectivity index (χ1n) is 44.7. The Morgan fingerprint density at radius 3 is 0.610 bits per heavy atom. The number of hydrogen-bond acceptors (Lipinski definition) is 4. The van der Waals surface area contributed by atoms with Crippen LogP contribution in [0.2, 0.25) is 0 Å². The van der Waals surface area contributed by atoms with E-state index in [2.05, 4.69) is 73.0 Å². The van der Waals surface area contributed by atoms with Crippen LogP contribution in [0.4, 0.5) is 70.2 Å². The van der Waals surface area contributed by atoms with Gasteiger partial charge >= 0.3 is 0 Å². The van der Waals surface area contributed by atoms with Crippen molar-refractivity contribution in [1.82, 2.24) is 0 Å². The topological polar surface area (TPSA) is 36.9 Å². The van der Waals surface area contributed by atoms with Gasteiger partial charge in [-0.2, -0.15) is 0 Å². The van der Waals surface area contributed by atoms with E-state index < -0.39 is 97.0 Å². The minimum atomic E-state index is -1.22. The zero-order valence-corrected chi connectivity index (χ0v) is 71.2. The van der Waals surface area contributed by atoms with Gasteiger partial charge in [0.05, 0.1) is 25.3 Å². The number of unbranched alkanes of at least 4 members (excludes halogenated alkanes) is 3. The summed E-state index contributed by atoms with van der Waals surface area (Å²) in [5.41, 5.74) is 2.77. The van der Waals surface area contributed by atoms with Crippen LogP contribution in [0.25, 0.3) is 0 Å². The average molecular weight is 1690 g/mol. The molecule has 0 heterocycles. The van der Waals surface area contributed by atoms with Crippen LogP contribution in [-0.2, 0) is 0 Å². The standard InChI is InChI=1S/C24H35F3O.C23H33F3O.C22H31F3O.C21H29F3O.4C2H3F/c1-2-3-4-5-17-6-8-18(9-7-17)19-10-12-20(13-11-19)21-14-22(26)24(28-16-25)23(27)15-21;1-2-3-4-16-5-7-17(8-6-16)18-9-11-19(12-10-18)20-13-21(25)23(27-15-24)22(26)14-20;1-2-3-15-4-6-16(7-5-15)17-8-10-18(11-9-17)19-12-20(24)22(26-14-23)21(25)13-19;1-2-14-3-5-15(6-4-14)16-7-9-17(10-8-16)18-11-19(23)21(25-13-22)20(24)12-18;4*1-2-3/h14-15,17-20H,2-13,16H2,1H3;13-14,16-19H,2-12,15H2,1H3;12-13,15-18H,2-11,14H2,1H3;11-12,14-17H,2-10,13H2,1H3;4*2H,1H2. The number of rotatable bonds is 26. The molecule has 8 fully saturated rings. The first-order chi connectivity index (χ1) is 57.1. The van der Waals surface area contributed by atoms with Crippen LogP contribution in [0.3, 0.4) is 0 Å². The second kappa shape index (κ2) is 58.1. The van der Waals surface area contributed by atoms with Crippen molar-refractivity contribution in [3.05, 3.63) is 169 Å². The third-order valence-corrected chi connectivity index (χ3v) is 27.5. The fourth-order valence-corrected chi connectivity index (χ4v) is 21.2. The number of hydrogen-bond donors (Lipinski definition) is 0. The third-order valence-electron chi connectivity index (χ3n) is 27.5. The summed E-state index contributed by atoms with van der Waals surface area (Å²) in [5.74, 6) is 2.23. The summed E-state index contributed by atoms with van der Waals surface area (Å²) in [6.07, 6.45) is 53.6. The molecule has 0 amide bonds. The highest BCUT2D eigenvalue weighted by atomic mass is 19.2. The molecular weight excluding hydrogens is 1550 g/mol. The average Bonchev–Trinajstić information content (AvgIpc) is 0.830. The highest BCUT2D eigenvalue weighted by molar-refractivity contribution is 5.37. The van der Waals surface area contributed by atoms with Gasteiger partial charge in [0.25, 0.3) is 0 Å². The van der Waals surface area contributed by atoms with Crippen LogP contribution in [0.5, 0.6) is 23.0 Å². The van der Waals surface area contributed by atoms with Crippen molar-refractivity contribution < 1.29 is 89.2 Å². The van der Waals surface area contributed by atoms with Crippen molar-refractivity contribution in [1.29, 1.82) is 0 Å². The fraction of sp³-hybridized carbons (Fsp3) is 0.673. The lowest BCUT2D eigenvalue weighted by molar-refractivity contribution is 0.155. The van der Waals surface area contributed by atoms with Crippen molar-refractivity contribution in [2.24, 2.45) is 71.0 Å². The van der Waals surface area contributed by atoms with Crippen LogP contribution in [0, 0.1) is 118 Å². The SMILES string of the molecule is C=CF.C=CF.C=CF.C=CF.CCC1CCC(C2CCC(c3cc(F)c(OCF)c(F)c3)CC2)CC1.CCCC1CCC(C2CCC(c3cc(F)c(OCF)c(F)c3)CC2)CC1.CCCCC1CCC(C2CCC(c3cc(F)c(OCF)c(F)c3)CC2)CC1.CCCCCC1CCC(C2CCC(c3cc(F)c(OCF)c(F)c3)CC2)CC1. The molecular formula is C98H140F16O4. The highest BCUT2D eigenvalue weighted by Gasteiger charge is 2.37. The van der Waals surface area contributed by atoms with Crippen molar-refractivity contribution in [2.75, 3.05) is 27.4 Å². The smallest absolute Gasteiger partial charge is 0.228 e. The summed E-state index contributed by atoms with van der Waals surface area (Å²) >= 11 is 0. The van der Waals surface area contributed by atoms with E-state index in [9.17, 15) is 70.2 Å². The lowest BCUT2D eigenvalue weighted by atomic mass is 9.68. The van der Waals surface area contributed by atoms with E-state index in [1.54, 1.807) is 0 Å². The molecule has 0 N–H and O–H groups in total. The third kappa shape index (κ3) is 34.0. The molecule has 0 bridgehead atoms. The number of halogens is 16. The molecule has 4 nitrogen and oxygen atoms in total. The van der Waals surface area contributed by atoms with E-state index in [0.29, 0.717) is 22.3 Å². The maximum Gasteiger partial charge on any atom is 0.228 e. The van der Waals surface area contributed by atoms with Gasteiger partial charge in [-0.3, -0.25) is 0 Å². The largest absolute Gasteiger partial charge is 0.457 e. The summed E-state index contributed by atoms with van der Waals surface area (Å²) < 4.78 is 219. The Morgan fingerprint density at radius 1 is 0.254 bits per heavy atom. The molecule has 0 aromatic heterocycles. The van der Waals surface area contributed by atoms with Gasteiger partial charge in [0.15, 0.2) is 69.5 Å². The van der Waals surface area contributed by atoms with E-state index in [1.165, 1.54) is 215 Å². The predicted molar refractivity (Wildman–Crippen MR) is 447 cm³/mol. The first-order valence-corrected chi connectivity index (χ1v) is 44.7. The van der Waals surface area contributed by atoms with Crippen LogP contribution < -0.4 is 18.9 Å². The zero-order valence-electron chi connectivity index (χ0n) is 71.2. The molecule has 0 saturated heterocycles. The van der Waals surface area contributed by atoms with E-state index in [-0.39, 0.29) is 49.0 Å². The molecule has 8 aliphatic rings. The molecule has 12 rings (SSSR count). The molecule has 0 spiro atoms. The van der Waals surface area contributed by atoms with Crippen LogP contribution in [-0.4, -0.2) is 27.4 Å². The molecule has 668 valence electrons. The van der Waals surface area contributed by atoms with Gasteiger partial charge in [-0.25, -0.2) is 70.2 Å². The molecule has 4 aromatic carbocycles. The van der Waals surface area contributed by atoms with Crippen molar-refractivity contribution in [2.45, 2.75) is 321 Å². The predicted octanol–water partition coefficient (Wildman–Crippen LogP) is 33.8. The highest BCUT2D eigenvalue weighted by Crippen LogP contribution is 2.51. The zero-order chi connectivity index (χ0) is 86.3. The van der Waals surface area contributed by atoms with Gasteiger partial charge < -0.3 is 18.9 Å². The summed E-state index contributed by atoms with van der Waals surface area (Å²) in [4.78, 5) is 0. The molecule has 8 aliphatic carbocycles. The van der Waals surface area contributed by atoms with Gasteiger partial charge in [0.1, 0.15) is 0 Å². The van der Waals surface area contributed by atoms with Gasteiger partial charge in [0, 0.05) is 0 Å². The second-order valence-electron chi connectivity index (χ2n) is 34.3. The Balaban J connectivity index is 0.000000268. The van der Waals surface area contributed by atoms with E-state index in [0.717, 1.165) is 174 Å². The minimum absolute atomic E-state index is 0.199. The summed E-state index contributed by atoms with van der Waals surface area (Å²) in [6, 6.07) is 10.6. The Bertz CT molecular complexity index is 3270. The van der Waals surface area contributed by atoms with E-state index in [4.69, 9.17) is 0 Å². The first kappa shape index (κ1) is 102. The maximum atomic E-state index is 14.0. The van der Waals surface area contributed by atoms with Crippen molar-refractivity contribution in [3.8, 4) is 23.0 Å². The summed E-state index contributed by atoms with van der Waals surface area (Å²) in [7, 11) is 0. The van der Waals surface area contributed by atoms with Gasteiger partial charge in [-0.05, 0) is 320 Å². The van der Waals surface area contributed by atoms with E-state index in [1.807, 2.05) is 0 Å². The quantitative estimate of drug-likeness (QED) is 0.0464. The van der Waals surface area contributed by atoms with Gasteiger partial charge in [-0.1, -0.05) is 170 Å². The summed E-state index contributed by atoms with van der Waals surface area (Å²) in [6.45, 7) is 15.0. The Morgan fingerprint density at radius 2 is 0.432 bits per heavy atom. The molecule has 0 atom stereocenters. The van der Waals surface area contributed by atoms with E-state index >= 15 is 0 Å². The Kier molecular flexibility index (Phi) is 50.4. The maximum absolute atomic E-state index is 14.0. The Labute approximate surface area is 697 Å². The summed E-state index contributed by atoms with van der Waals surface area (Å²) in [5, 5.41) is 0. The number of benzene rings is 4. The van der Waals surface area contributed by atoms with Gasteiger partial charge in [0.2, 0.25) is 27.4 Å². The van der Waals surface area contributed by atoms with Crippen molar-refractivity contribution >= 4 is 0 Å². The Hall–Kier alpha value is -6.08. The molecule has 118 heavy (non-hydrogen) atoms. The minimum Gasteiger partial charge on any atom is -0.457 e. The van der Waals surface area contributed by atoms with Gasteiger partial charge in [-0.15, -0.1) is 0 Å². The normalized spacial score (nSPS) is 26.7. The molecule has 4 aromatic rings. The lowest BCUT2D eigenvalue weighted by Crippen LogP contribution is -2.25. The fourth-order valence-electron chi connectivity index (χ4n) is 21.2. The monoisotopic (exact) mass is 1690 g/mol. The molecule has 8 saturated carbocycles. The molecule has 20 heteroatoms. The van der Waals surface area contributed by atoms with Crippen LogP contribution >= 0.6 is 0 Å². The lowest BCUT2D eigenvalue weighted by Gasteiger charge is -2.38. The van der Waals surface area contributed by atoms with Crippen LogP contribution in [0.15, 0.2) is 100 Å². The molecule has 0 unspecified atom stereocenters. The van der Waals surface area contributed by atoms with Crippen molar-refractivity contribution in [3.63, 3.8) is 0 Å². The molecule has 0 radical (unpaired) electrons.